The van der Waals surface area contributed by atoms with Gasteiger partial charge in [0, 0.05) is 26.2 Å². The quantitative estimate of drug-likeness (QED) is 0.679. The number of esters is 1. The molecule has 30 heavy (non-hydrogen) atoms. The maximum Gasteiger partial charge on any atom is 0.340 e. The molecule has 3 rings (SSSR count). The van der Waals surface area contributed by atoms with Gasteiger partial charge in [-0.15, -0.1) is 0 Å². The summed E-state index contributed by atoms with van der Waals surface area (Å²) in [5.41, 5.74) is 1.79. The van der Waals surface area contributed by atoms with E-state index in [1.165, 1.54) is 6.07 Å². The van der Waals surface area contributed by atoms with Crippen molar-refractivity contribution in [3.8, 4) is 6.07 Å². The van der Waals surface area contributed by atoms with Crippen molar-refractivity contribution in [3.63, 3.8) is 0 Å². The molecule has 0 N–H and O–H groups in total. The van der Waals surface area contributed by atoms with Crippen molar-refractivity contribution in [2.75, 3.05) is 44.4 Å². The second-order valence-electron chi connectivity index (χ2n) is 6.96. The molecule has 2 heterocycles. The summed E-state index contributed by atoms with van der Waals surface area (Å²) in [6, 6.07) is 13.1. The van der Waals surface area contributed by atoms with E-state index < -0.39 is 12.6 Å². The predicted molar refractivity (Wildman–Crippen MR) is 109 cm³/mol. The highest BCUT2D eigenvalue weighted by molar-refractivity contribution is 5.91. The molecular weight excluding hydrogens is 387 g/mol. The Morgan fingerprint density at radius 2 is 1.90 bits per heavy atom. The van der Waals surface area contributed by atoms with Crippen LogP contribution in [0.5, 0.6) is 0 Å². The zero-order valence-corrected chi connectivity index (χ0v) is 16.8. The molecule has 1 aromatic carbocycles. The van der Waals surface area contributed by atoms with E-state index in [4.69, 9.17) is 4.74 Å². The number of piperazine rings is 1. The van der Waals surface area contributed by atoms with E-state index >= 15 is 0 Å². The Hall–Kier alpha value is -3.47. The lowest BCUT2D eigenvalue weighted by molar-refractivity contribution is -0.130. The summed E-state index contributed by atoms with van der Waals surface area (Å²) < 4.78 is 17.1. The topological polar surface area (TPSA) is 86.5 Å². The van der Waals surface area contributed by atoms with Crippen molar-refractivity contribution in [3.05, 3.63) is 58.8 Å². The number of rotatable bonds is 6. The second-order valence-corrected chi connectivity index (χ2v) is 6.96. The zero-order valence-electron chi connectivity index (χ0n) is 16.8. The van der Waals surface area contributed by atoms with E-state index in [0.717, 1.165) is 5.56 Å². The van der Waals surface area contributed by atoms with Crippen molar-refractivity contribution < 1.29 is 18.7 Å². The average molecular weight is 410 g/mol. The summed E-state index contributed by atoms with van der Waals surface area (Å²) in [5.74, 6) is -0.152. The SMILES string of the molecule is Cc1nc(N2CCN(C(=O)Cc3ccccc3)CC2)c(C#N)cc1C(=O)OCCF. The third kappa shape index (κ3) is 4.92. The van der Waals surface area contributed by atoms with Crippen molar-refractivity contribution in [1.29, 1.82) is 5.26 Å². The van der Waals surface area contributed by atoms with Crippen LogP contribution in [-0.4, -0.2) is 61.2 Å². The third-order valence-electron chi connectivity index (χ3n) is 4.97. The maximum atomic E-state index is 12.6. The van der Waals surface area contributed by atoms with Gasteiger partial charge in [-0.3, -0.25) is 4.79 Å². The maximum absolute atomic E-state index is 12.6. The molecule has 1 aliphatic heterocycles. The Morgan fingerprint density at radius 3 is 2.53 bits per heavy atom. The summed E-state index contributed by atoms with van der Waals surface area (Å²) in [6.07, 6.45) is 0.358. The van der Waals surface area contributed by atoms with Crippen molar-refractivity contribution in [2.24, 2.45) is 0 Å². The fourth-order valence-electron chi connectivity index (χ4n) is 3.38. The molecular formula is C22H23FN4O3. The van der Waals surface area contributed by atoms with Gasteiger partial charge in [0.15, 0.2) is 0 Å². The summed E-state index contributed by atoms with van der Waals surface area (Å²) in [7, 11) is 0. The Balaban J connectivity index is 1.67. The highest BCUT2D eigenvalue weighted by Crippen LogP contribution is 2.23. The number of ether oxygens (including phenoxy) is 1. The summed E-state index contributed by atoms with van der Waals surface area (Å²) >= 11 is 0. The first-order valence-electron chi connectivity index (χ1n) is 9.75. The first-order chi connectivity index (χ1) is 14.5. The van der Waals surface area contributed by atoms with Crippen LogP contribution in [0.15, 0.2) is 36.4 Å². The van der Waals surface area contributed by atoms with Crippen LogP contribution >= 0.6 is 0 Å². The van der Waals surface area contributed by atoms with Gasteiger partial charge >= 0.3 is 5.97 Å². The monoisotopic (exact) mass is 410 g/mol. The summed E-state index contributed by atoms with van der Waals surface area (Å²) in [6.45, 7) is 2.67. The van der Waals surface area contributed by atoms with Crippen LogP contribution in [0.1, 0.15) is 27.2 Å². The van der Waals surface area contributed by atoms with Crippen LogP contribution in [0.3, 0.4) is 0 Å². The van der Waals surface area contributed by atoms with Gasteiger partial charge in [-0.05, 0) is 18.6 Å². The first-order valence-corrected chi connectivity index (χ1v) is 9.75. The molecule has 1 saturated heterocycles. The van der Waals surface area contributed by atoms with Crippen LogP contribution < -0.4 is 4.90 Å². The Kier molecular flexibility index (Phi) is 6.96. The van der Waals surface area contributed by atoms with E-state index in [9.17, 15) is 19.2 Å². The number of hydrogen-bond donors (Lipinski definition) is 0. The van der Waals surface area contributed by atoms with Crippen LogP contribution in [0.2, 0.25) is 0 Å². The van der Waals surface area contributed by atoms with E-state index in [1.54, 1.807) is 6.92 Å². The average Bonchev–Trinajstić information content (AvgIpc) is 2.78. The molecule has 0 unspecified atom stereocenters. The van der Waals surface area contributed by atoms with E-state index in [0.29, 0.717) is 44.1 Å². The van der Waals surface area contributed by atoms with Crippen molar-refractivity contribution >= 4 is 17.7 Å². The minimum Gasteiger partial charge on any atom is -0.459 e. The molecule has 1 fully saturated rings. The van der Waals surface area contributed by atoms with Gasteiger partial charge in [-0.1, -0.05) is 30.3 Å². The molecule has 7 nitrogen and oxygen atoms in total. The molecule has 8 heteroatoms. The molecule has 0 radical (unpaired) electrons. The smallest absolute Gasteiger partial charge is 0.340 e. The van der Waals surface area contributed by atoms with Crippen LogP contribution in [0.4, 0.5) is 10.2 Å². The number of anilines is 1. The van der Waals surface area contributed by atoms with Gasteiger partial charge in [-0.2, -0.15) is 5.26 Å². The number of amides is 1. The number of aryl methyl sites for hydroxylation is 1. The third-order valence-corrected chi connectivity index (χ3v) is 4.97. The fourth-order valence-corrected chi connectivity index (χ4v) is 3.38. The Labute approximate surface area is 174 Å². The number of nitrogens with zero attached hydrogens (tertiary/aromatic N) is 4. The van der Waals surface area contributed by atoms with Crippen LogP contribution in [0.25, 0.3) is 0 Å². The molecule has 0 spiro atoms. The lowest BCUT2D eigenvalue weighted by Crippen LogP contribution is -2.49. The molecule has 156 valence electrons. The number of carbonyl (C=O) groups excluding carboxylic acids is 2. The van der Waals surface area contributed by atoms with Crippen LogP contribution in [0, 0.1) is 18.3 Å². The molecule has 1 aromatic heterocycles. The van der Waals surface area contributed by atoms with Gasteiger partial charge in [0.05, 0.1) is 23.2 Å². The normalized spacial score (nSPS) is 13.6. The van der Waals surface area contributed by atoms with Gasteiger partial charge in [0.25, 0.3) is 0 Å². The number of pyridine rings is 1. The predicted octanol–water partition coefficient (Wildman–Crippen LogP) is 2.28. The first kappa shape index (κ1) is 21.2. The number of carbonyl (C=O) groups is 2. The van der Waals surface area contributed by atoms with Gasteiger partial charge in [0.1, 0.15) is 25.2 Å². The lowest BCUT2D eigenvalue weighted by Gasteiger charge is -2.36. The van der Waals surface area contributed by atoms with E-state index in [1.807, 2.05) is 40.1 Å². The molecule has 1 aliphatic rings. The number of halogens is 1. The lowest BCUT2D eigenvalue weighted by atomic mass is 10.1. The number of nitriles is 1. The van der Waals surface area contributed by atoms with E-state index in [-0.39, 0.29) is 23.6 Å². The standard InChI is InChI=1S/C22H23FN4O3/c1-16-19(22(29)30-12-7-23)14-18(15-24)21(25-16)27-10-8-26(9-11-27)20(28)13-17-5-3-2-4-6-17/h2-6,14H,7-13H2,1H3. The molecule has 0 atom stereocenters. The van der Waals surface area contributed by atoms with Crippen LogP contribution in [-0.2, 0) is 16.0 Å². The Morgan fingerprint density at radius 1 is 1.20 bits per heavy atom. The minimum absolute atomic E-state index is 0.0662. The minimum atomic E-state index is -0.769. The molecule has 0 saturated carbocycles. The van der Waals surface area contributed by atoms with E-state index in [2.05, 4.69) is 11.1 Å². The summed E-state index contributed by atoms with van der Waals surface area (Å²) in [5, 5.41) is 9.53. The molecule has 2 aromatic rings. The van der Waals surface area contributed by atoms with Gasteiger partial charge in [-0.25, -0.2) is 14.2 Å². The van der Waals surface area contributed by atoms with Gasteiger partial charge in [0.2, 0.25) is 5.91 Å². The molecule has 0 bridgehead atoms. The largest absolute Gasteiger partial charge is 0.459 e. The number of hydrogen-bond acceptors (Lipinski definition) is 6. The zero-order chi connectivity index (χ0) is 21.5. The number of benzene rings is 1. The number of alkyl halides is 1. The highest BCUT2D eigenvalue weighted by atomic mass is 19.1. The molecule has 0 aliphatic carbocycles. The highest BCUT2D eigenvalue weighted by Gasteiger charge is 2.25. The van der Waals surface area contributed by atoms with Gasteiger partial charge < -0.3 is 14.5 Å². The second kappa shape index (κ2) is 9.83. The Bertz CT molecular complexity index is 951. The number of aromatic nitrogens is 1. The fraction of sp³-hybridized carbons (Fsp3) is 0.364. The molecule has 1 amide bonds. The van der Waals surface area contributed by atoms with Crippen molar-refractivity contribution in [1.82, 2.24) is 9.88 Å². The van der Waals surface area contributed by atoms with Crippen molar-refractivity contribution in [2.45, 2.75) is 13.3 Å². The summed E-state index contributed by atoms with van der Waals surface area (Å²) in [4.78, 5) is 32.8.